The number of benzene rings is 1. The van der Waals surface area contributed by atoms with Gasteiger partial charge in [0.05, 0.1) is 18.7 Å². The molecule has 1 aromatic rings. The molecule has 0 saturated carbocycles. The molecular formula is C18H23N3O6. The third-order valence-electron chi connectivity index (χ3n) is 3.97. The molecule has 2 N–H and O–H groups in total. The lowest BCUT2D eigenvalue weighted by Crippen LogP contribution is -2.42. The summed E-state index contributed by atoms with van der Waals surface area (Å²) in [5.74, 6) is -1.79. The Bertz CT molecular complexity index is 721. The van der Waals surface area contributed by atoms with E-state index in [1.807, 2.05) is 6.92 Å². The summed E-state index contributed by atoms with van der Waals surface area (Å²) in [6.45, 7) is 1.86. The van der Waals surface area contributed by atoms with E-state index in [0.717, 1.165) is 6.42 Å². The molecule has 0 radical (unpaired) electrons. The van der Waals surface area contributed by atoms with Gasteiger partial charge in [-0.05, 0) is 18.6 Å². The van der Waals surface area contributed by atoms with Gasteiger partial charge in [0.2, 0.25) is 5.91 Å². The second kappa shape index (κ2) is 9.56. The second-order valence-electron chi connectivity index (χ2n) is 5.99. The molecule has 0 aromatic heterocycles. The SMILES string of the molecule is CCCNC(=O)NC(=O)COC(=O)[C@@H]1CC(=O)N(c2ccccc2OC)C1. The average molecular weight is 377 g/mol. The number of methoxy groups -OCH3 is 1. The van der Waals surface area contributed by atoms with E-state index in [9.17, 15) is 19.2 Å². The van der Waals surface area contributed by atoms with E-state index >= 15 is 0 Å². The molecule has 146 valence electrons. The molecule has 0 aliphatic carbocycles. The molecule has 27 heavy (non-hydrogen) atoms. The molecule has 0 unspecified atom stereocenters. The van der Waals surface area contributed by atoms with Crippen LogP contribution in [0.5, 0.6) is 5.75 Å². The van der Waals surface area contributed by atoms with Crippen LogP contribution in [0.2, 0.25) is 0 Å². The number of para-hydroxylation sites is 2. The molecule has 1 aromatic carbocycles. The largest absolute Gasteiger partial charge is 0.495 e. The lowest BCUT2D eigenvalue weighted by atomic mass is 10.1. The van der Waals surface area contributed by atoms with Crippen molar-refractivity contribution in [1.29, 1.82) is 0 Å². The van der Waals surface area contributed by atoms with Crippen molar-refractivity contribution in [3.8, 4) is 5.75 Å². The van der Waals surface area contributed by atoms with Gasteiger partial charge in [-0.3, -0.25) is 19.7 Å². The van der Waals surface area contributed by atoms with E-state index in [1.165, 1.54) is 12.0 Å². The number of hydrogen-bond donors (Lipinski definition) is 2. The fraction of sp³-hybridized carbons (Fsp3) is 0.444. The van der Waals surface area contributed by atoms with Crippen LogP contribution in [-0.2, 0) is 19.1 Å². The van der Waals surface area contributed by atoms with Gasteiger partial charge < -0.3 is 19.7 Å². The molecule has 0 bridgehead atoms. The Morgan fingerprint density at radius 3 is 2.70 bits per heavy atom. The number of ether oxygens (including phenoxy) is 2. The van der Waals surface area contributed by atoms with E-state index in [2.05, 4.69) is 10.6 Å². The fourth-order valence-corrected chi connectivity index (χ4v) is 2.65. The van der Waals surface area contributed by atoms with Crippen molar-refractivity contribution < 1.29 is 28.7 Å². The third-order valence-corrected chi connectivity index (χ3v) is 3.97. The van der Waals surface area contributed by atoms with Gasteiger partial charge in [-0.2, -0.15) is 0 Å². The maximum atomic E-state index is 12.3. The molecule has 1 fully saturated rings. The van der Waals surface area contributed by atoms with Crippen molar-refractivity contribution >= 4 is 29.5 Å². The lowest BCUT2D eigenvalue weighted by molar-refractivity contribution is -0.152. The molecule has 1 saturated heterocycles. The summed E-state index contributed by atoms with van der Waals surface area (Å²) in [6.07, 6.45) is 0.713. The summed E-state index contributed by atoms with van der Waals surface area (Å²) < 4.78 is 10.2. The first-order chi connectivity index (χ1) is 13.0. The minimum absolute atomic E-state index is 0.0184. The molecule has 1 aliphatic rings. The van der Waals surface area contributed by atoms with Crippen molar-refractivity contribution in [2.45, 2.75) is 19.8 Å². The van der Waals surface area contributed by atoms with Crippen molar-refractivity contribution in [3.05, 3.63) is 24.3 Å². The Morgan fingerprint density at radius 1 is 1.26 bits per heavy atom. The molecule has 2 rings (SSSR count). The number of hydrogen-bond acceptors (Lipinski definition) is 6. The minimum Gasteiger partial charge on any atom is -0.495 e. The summed E-state index contributed by atoms with van der Waals surface area (Å²) in [5.41, 5.74) is 0.575. The Morgan fingerprint density at radius 2 is 2.00 bits per heavy atom. The number of nitrogens with one attached hydrogen (secondary N) is 2. The number of nitrogens with zero attached hydrogens (tertiary/aromatic N) is 1. The first kappa shape index (κ1) is 20.2. The van der Waals surface area contributed by atoms with Crippen LogP contribution in [0.25, 0.3) is 0 Å². The highest BCUT2D eigenvalue weighted by Gasteiger charge is 2.37. The van der Waals surface area contributed by atoms with Crippen LogP contribution >= 0.6 is 0 Å². The zero-order chi connectivity index (χ0) is 19.8. The Balaban J connectivity index is 1.87. The van der Waals surface area contributed by atoms with Crippen LogP contribution in [0.4, 0.5) is 10.5 Å². The predicted octanol–water partition coefficient (Wildman–Crippen LogP) is 0.827. The monoisotopic (exact) mass is 377 g/mol. The first-order valence-electron chi connectivity index (χ1n) is 8.64. The van der Waals surface area contributed by atoms with E-state index in [1.54, 1.807) is 24.3 Å². The minimum atomic E-state index is -0.733. The summed E-state index contributed by atoms with van der Waals surface area (Å²) in [5, 5.41) is 4.53. The lowest BCUT2D eigenvalue weighted by Gasteiger charge is -2.19. The van der Waals surface area contributed by atoms with Gasteiger partial charge in [0.1, 0.15) is 5.75 Å². The Labute approximate surface area is 157 Å². The van der Waals surface area contributed by atoms with E-state index in [-0.39, 0.29) is 18.9 Å². The highest BCUT2D eigenvalue weighted by molar-refractivity contribution is 6.01. The van der Waals surface area contributed by atoms with Gasteiger partial charge >= 0.3 is 12.0 Å². The number of esters is 1. The molecular weight excluding hydrogens is 354 g/mol. The van der Waals surface area contributed by atoms with E-state index in [4.69, 9.17) is 9.47 Å². The maximum absolute atomic E-state index is 12.3. The van der Waals surface area contributed by atoms with Crippen LogP contribution in [0.1, 0.15) is 19.8 Å². The number of amides is 4. The number of imide groups is 1. The molecule has 1 atom stereocenters. The van der Waals surface area contributed by atoms with Crippen LogP contribution < -0.4 is 20.3 Å². The number of carbonyl (C=O) groups is 4. The molecule has 1 aliphatic heterocycles. The van der Waals surface area contributed by atoms with Crippen molar-refractivity contribution in [1.82, 2.24) is 10.6 Å². The zero-order valence-electron chi connectivity index (χ0n) is 15.3. The number of rotatable bonds is 7. The quantitative estimate of drug-likeness (QED) is 0.680. The molecule has 9 nitrogen and oxygen atoms in total. The second-order valence-corrected chi connectivity index (χ2v) is 5.99. The van der Waals surface area contributed by atoms with Gasteiger partial charge in [0.15, 0.2) is 6.61 Å². The zero-order valence-corrected chi connectivity index (χ0v) is 15.3. The van der Waals surface area contributed by atoms with Crippen LogP contribution in [0.3, 0.4) is 0 Å². The van der Waals surface area contributed by atoms with E-state index < -0.39 is 30.4 Å². The summed E-state index contributed by atoms with van der Waals surface area (Å²) in [7, 11) is 1.50. The fourth-order valence-electron chi connectivity index (χ4n) is 2.65. The van der Waals surface area contributed by atoms with Gasteiger partial charge in [-0.15, -0.1) is 0 Å². The topological polar surface area (TPSA) is 114 Å². The number of carbonyl (C=O) groups excluding carboxylic acids is 4. The molecule has 0 spiro atoms. The summed E-state index contributed by atoms with van der Waals surface area (Å²) >= 11 is 0. The van der Waals surface area contributed by atoms with Crippen LogP contribution in [0, 0.1) is 5.92 Å². The average Bonchev–Trinajstić information content (AvgIpc) is 3.06. The smallest absolute Gasteiger partial charge is 0.321 e. The summed E-state index contributed by atoms with van der Waals surface area (Å²) in [4.78, 5) is 48.9. The molecule has 4 amide bonds. The standard InChI is InChI=1S/C18H23N3O6/c1-3-8-19-18(25)20-15(22)11-27-17(24)12-9-16(23)21(10-12)13-6-4-5-7-14(13)26-2/h4-7,12H,3,8-11H2,1-2H3,(H2,19,20,22,25)/t12-/m1/s1. The van der Waals surface area contributed by atoms with Crippen LogP contribution in [-0.4, -0.2) is 50.6 Å². The maximum Gasteiger partial charge on any atom is 0.321 e. The number of anilines is 1. The normalized spacial score (nSPS) is 16.0. The van der Waals surface area contributed by atoms with Crippen molar-refractivity contribution in [2.24, 2.45) is 5.92 Å². The predicted molar refractivity (Wildman–Crippen MR) is 96.2 cm³/mol. The van der Waals surface area contributed by atoms with Crippen molar-refractivity contribution in [2.75, 3.05) is 31.7 Å². The van der Waals surface area contributed by atoms with Gasteiger partial charge in [-0.1, -0.05) is 19.1 Å². The first-order valence-corrected chi connectivity index (χ1v) is 8.64. The van der Waals surface area contributed by atoms with Gasteiger partial charge in [0, 0.05) is 19.5 Å². The molecule has 1 heterocycles. The highest BCUT2D eigenvalue weighted by atomic mass is 16.5. The molecule has 9 heteroatoms. The summed E-state index contributed by atoms with van der Waals surface area (Å²) in [6, 6.07) is 6.36. The Hall–Kier alpha value is -3.10. The Kier molecular flexibility index (Phi) is 7.16. The van der Waals surface area contributed by atoms with Gasteiger partial charge in [0.25, 0.3) is 5.91 Å². The third kappa shape index (κ3) is 5.44. The van der Waals surface area contributed by atoms with Gasteiger partial charge in [-0.25, -0.2) is 4.79 Å². The van der Waals surface area contributed by atoms with E-state index in [0.29, 0.717) is 18.0 Å². The highest BCUT2D eigenvalue weighted by Crippen LogP contribution is 2.32. The van der Waals surface area contributed by atoms with Crippen molar-refractivity contribution in [3.63, 3.8) is 0 Å². The van der Waals surface area contributed by atoms with Crippen LogP contribution in [0.15, 0.2) is 24.3 Å². The number of urea groups is 1.